The number of aryl methyl sites for hydroxylation is 1. The fourth-order valence-electron chi connectivity index (χ4n) is 3.42. The van der Waals surface area contributed by atoms with Crippen molar-refractivity contribution in [3.05, 3.63) is 69.7 Å². The highest BCUT2D eigenvalue weighted by Gasteiger charge is 2.20. The summed E-state index contributed by atoms with van der Waals surface area (Å²) in [5, 5.41) is 0.858. The van der Waals surface area contributed by atoms with Crippen molar-refractivity contribution in [2.75, 3.05) is 26.2 Å². The normalized spacial score (nSPS) is 15.2. The molecule has 2 aromatic carbocycles. The number of hydrogen-bond donors (Lipinski definition) is 0. The van der Waals surface area contributed by atoms with Gasteiger partial charge in [-0.05, 0) is 43.1 Å². The Balaban J connectivity index is 2.01. The molecule has 1 aliphatic carbocycles. The quantitative estimate of drug-likeness (QED) is 0.775. The second-order valence-electron chi connectivity index (χ2n) is 6.18. The fourth-order valence-corrected chi connectivity index (χ4v) is 3.69. The second kappa shape index (κ2) is 7.96. The molecule has 0 bridgehead atoms. The minimum Gasteiger partial charge on any atom is -0.302 e. The molecule has 24 heavy (non-hydrogen) atoms. The maximum atomic E-state index is 6.49. The first-order chi connectivity index (χ1) is 11.7. The Morgan fingerprint density at radius 3 is 2.50 bits per heavy atom. The molecule has 3 rings (SSSR count). The van der Waals surface area contributed by atoms with Gasteiger partial charge in [0.15, 0.2) is 0 Å². The summed E-state index contributed by atoms with van der Waals surface area (Å²) in [7, 11) is 0. The maximum absolute atomic E-state index is 6.49. The third kappa shape index (κ3) is 3.55. The number of halogens is 1. The number of hydrogen-bond acceptors (Lipinski definition) is 2. The summed E-state index contributed by atoms with van der Waals surface area (Å²) in [5.41, 5.74) is 6.17. The van der Waals surface area contributed by atoms with E-state index in [1.807, 2.05) is 12.1 Å². The van der Waals surface area contributed by atoms with Crippen LogP contribution < -0.4 is 0 Å². The lowest BCUT2D eigenvalue weighted by Gasteiger charge is -2.17. The standard InChI is InChI=1S/C21H25ClN2/c1-3-24(4-2)15-14-23-21-17-9-6-5-8-16(17)12-13-18-19(21)10-7-11-20(18)22/h5-11H,3-4,12-15H2,1-2H3/b23-21-. The van der Waals surface area contributed by atoms with Gasteiger partial charge in [-0.2, -0.15) is 0 Å². The van der Waals surface area contributed by atoms with Crippen LogP contribution in [0.15, 0.2) is 47.5 Å². The smallest absolute Gasteiger partial charge is 0.0725 e. The predicted octanol–water partition coefficient (Wildman–Crippen LogP) is 4.62. The van der Waals surface area contributed by atoms with Crippen molar-refractivity contribution in [2.24, 2.45) is 4.99 Å². The SMILES string of the molecule is CCN(CC)CC/N=C1/c2ccccc2CCc2c(Cl)cccc21. The Morgan fingerprint density at radius 1 is 0.958 bits per heavy atom. The zero-order valence-corrected chi connectivity index (χ0v) is 15.3. The van der Waals surface area contributed by atoms with Gasteiger partial charge >= 0.3 is 0 Å². The van der Waals surface area contributed by atoms with Crippen LogP contribution in [0, 0.1) is 0 Å². The number of aliphatic imine (C=N–C) groups is 1. The summed E-state index contributed by atoms with van der Waals surface area (Å²) in [5.74, 6) is 0. The monoisotopic (exact) mass is 340 g/mol. The lowest BCUT2D eigenvalue weighted by Crippen LogP contribution is -2.26. The van der Waals surface area contributed by atoms with Gasteiger partial charge in [-0.1, -0.05) is 61.8 Å². The second-order valence-corrected chi connectivity index (χ2v) is 6.59. The topological polar surface area (TPSA) is 15.6 Å². The van der Waals surface area contributed by atoms with Crippen LogP contribution in [0.3, 0.4) is 0 Å². The summed E-state index contributed by atoms with van der Waals surface area (Å²) in [4.78, 5) is 7.43. The van der Waals surface area contributed by atoms with E-state index in [-0.39, 0.29) is 0 Å². The summed E-state index contributed by atoms with van der Waals surface area (Å²) >= 11 is 6.49. The van der Waals surface area contributed by atoms with Crippen molar-refractivity contribution in [3.8, 4) is 0 Å². The number of fused-ring (bicyclic) bond motifs is 2. The highest BCUT2D eigenvalue weighted by Crippen LogP contribution is 2.29. The Morgan fingerprint density at radius 2 is 1.71 bits per heavy atom. The molecule has 0 aromatic heterocycles. The zero-order valence-electron chi connectivity index (χ0n) is 14.6. The molecule has 0 heterocycles. The van der Waals surface area contributed by atoms with Crippen molar-refractivity contribution >= 4 is 17.3 Å². The molecule has 0 fully saturated rings. The summed E-state index contributed by atoms with van der Waals surface area (Å²) < 4.78 is 0. The Kier molecular flexibility index (Phi) is 5.70. The van der Waals surface area contributed by atoms with E-state index in [1.54, 1.807) is 0 Å². The molecule has 0 aliphatic heterocycles. The van der Waals surface area contributed by atoms with Crippen LogP contribution in [0.1, 0.15) is 36.1 Å². The fraction of sp³-hybridized carbons (Fsp3) is 0.381. The average Bonchev–Trinajstić information content (AvgIpc) is 2.77. The van der Waals surface area contributed by atoms with E-state index >= 15 is 0 Å². The molecule has 0 spiro atoms. The van der Waals surface area contributed by atoms with Gasteiger partial charge in [-0.15, -0.1) is 0 Å². The molecule has 126 valence electrons. The Hall–Kier alpha value is -1.64. The molecular formula is C21H25ClN2. The van der Waals surface area contributed by atoms with Crippen molar-refractivity contribution < 1.29 is 0 Å². The van der Waals surface area contributed by atoms with Crippen LogP contribution in [0.2, 0.25) is 5.02 Å². The van der Waals surface area contributed by atoms with Crippen molar-refractivity contribution in [1.29, 1.82) is 0 Å². The molecule has 0 saturated heterocycles. The molecular weight excluding hydrogens is 316 g/mol. The largest absolute Gasteiger partial charge is 0.302 e. The minimum atomic E-state index is 0.817. The Bertz CT molecular complexity index is 732. The number of benzene rings is 2. The lowest BCUT2D eigenvalue weighted by molar-refractivity contribution is 0.313. The average molecular weight is 341 g/mol. The lowest BCUT2D eigenvalue weighted by atomic mass is 9.98. The predicted molar refractivity (Wildman–Crippen MR) is 104 cm³/mol. The molecule has 1 aliphatic rings. The highest BCUT2D eigenvalue weighted by atomic mass is 35.5. The molecule has 0 atom stereocenters. The van der Waals surface area contributed by atoms with Gasteiger partial charge in [0.2, 0.25) is 0 Å². The molecule has 0 amide bonds. The molecule has 3 heteroatoms. The summed E-state index contributed by atoms with van der Waals surface area (Å²) in [6.07, 6.45) is 1.99. The van der Waals surface area contributed by atoms with Crippen molar-refractivity contribution in [2.45, 2.75) is 26.7 Å². The molecule has 2 nitrogen and oxygen atoms in total. The van der Waals surface area contributed by atoms with Crippen LogP contribution >= 0.6 is 11.6 Å². The molecule has 0 unspecified atom stereocenters. The van der Waals surface area contributed by atoms with E-state index in [4.69, 9.17) is 16.6 Å². The molecule has 0 N–H and O–H groups in total. The maximum Gasteiger partial charge on any atom is 0.0725 e. The van der Waals surface area contributed by atoms with Crippen LogP contribution in [-0.4, -0.2) is 36.8 Å². The van der Waals surface area contributed by atoms with Gasteiger partial charge < -0.3 is 4.90 Å². The van der Waals surface area contributed by atoms with Gasteiger partial charge in [-0.25, -0.2) is 0 Å². The third-order valence-corrected chi connectivity index (χ3v) is 5.23. The first-order valence-electron chi connectivity index (χ1n) is 8.87. The number of rotatable bonds is 5. The Labute approximate surface area is 150 Å². The van der Waals surface area contributed by atoms with Crippen LogP contribution in [0.25, 0.3) is 0 Å². The highest BCUT2D eigenvalue weighted by molar-refractivity contribution is 6.32. The molecule has 2 aromatic rings. The zero-order chi connectivity index (χ0) is 16.9. The minimum absolute atomic E-state index is 0.817. The van der Waals surface area contributed by atoms with E-state index < -0.39 is 0 Å². The summed E-state index contributed by atoms with van der Waals surface area (Å²) in [6, 6.07) is 14.8. The van der Waals surface area contributed by atoms with E-state index in [2.05, 4.69) is 49.1 Å². The van der Waals surface area contributed by atoms with E-state index in [0.29, 0.717) is 0 Å². The van der Waals surface area contributed by atoms with Crippen LogP contribution in [0.4, 0.5) is 0 Å². The van der Waals surface area contributed by atoms with E-state index in [1.165, 1.54) is 22.3 Å². The van der Waals surface area contributed by atoms with Crippen LogP contribution in [-0.2, 0) is 12.8 Å². The summed E-state index contributed by atoms with van der Waals surface area (Å²) in [6.45, 7) is 8.35. The van der Waals surface area contributed by atoms with Gasteiger partial charge in [0, 0.05) is 22.7 Å². The number of likely N-dealkylation sites (N-methyl/N-ethyl adjacent to an activating group) is 1. The van der Waals surface area contributed by atoms with Gasteiger partial charge in [0.25, 0.3) is 0 Å². The first kappa shape index (κ1) is 17.2. The molecule has 0 radical (unpaired) electrons. The van der Waals surface area contributed by atoms with Gasteiger partial charge in [-0.3, -0.25) is 4.99 Å². The first-order valence-corrected chi connectivity index (χ1v) is 9.25. The number of nitrogens with zero attached hydrogens (tertiary/aromatic N) is 2. The van der Waals surface area contributed by atoms with Crippen molar-refractivity contribution in [3.63, 3.8) is 0 Å². The molecule has 0 saturated carbocycles. The third-order valence-electron chi connectivity index (χ3n) is 4.87. The van der Waals surface area contributed by atoms with Crippen LogP contribution in [0.5, 0.6) is 0 Å². The van der Waals surface area contributed by atoms with E-state index in [9.17, 15) is 0 Å². The van der Waals surface area contributed by atoms with Gasteiger partial charge in [0.1, 0.15) is 0 Å². The van der Waals surface area contributed by atoms with Crippen molar-refractivity contribution in [1.82, 2.24) is 4.90 Å². The van der Waals surface area contributed by atoms with E-state index in [0.717, 1.165) is 49.8 Å². The van der Waals surface area contributed by atoms with Gasteiger partial charge in [0.05, 0.1) is 12.3 Å².